The highest BCUT2D eigenvalue weighted by Crippen LogP contribution is 2.23. The Labute approximate surface area is 138 Å². The summed E-state index contributed by atoms with van der Waals surface area (Å²) in [4.78, 5) is 4.02. The van der Waals surface area contributed by atoms with Crippen LogP contribution in [0.1, 0.15) is 29.6 Å². The molecule has 0 saturated heterocycles. The number of alkyl halides is 3. The lowest BCUT2D eigenvalue weighted by Gasteiger charge is -2.12. The predicted octanol–water partition coefficient (Wildman–Crippen LogP) is 3.93. The van der Waals surface area contributed by atoms with Gasteiger partial charge in [-0.1, -0.05) is 6.92 Å². The number of pyridine rings is 1. The third-order valence-electron chi connectivity index (χ3n) is 3.82. The quantitative estimate of drug-likeness (QED) is 0.831. The van der Waals surface area contributed by atoms with Crippen LogP contribution in [-0.2, 0) is 6.42 Å². The van der Waals surface area contributed by atoms with E-state index in [0.29, 0.717) is 6.08 Å². The van der Waals surface area contributed by atoms with Crippen molar-refractivity contribution >= 4 is 11.4 Å². The molecule has 0 spiro atoms. The zero-order valence-corrected chi connectivity index (χ0v) is 13.7. The van der Waals surface area contributed by atoms with E-state index in [4.69, 9.17) is 11.1 Å². The molecule has 2 rings (SSSR count). The highest BCUT2D eigenvalue weighted by molar-refractivity contribution is 6.01. The second-order valence-electron chi connectivity index (χ2n) is 5.50. The monoisotopic (exact) mass is 336 g/mol. The third kappa shape index (κ3) is 3.50. The van der Waals surface area contributed by atoms with Crippen LogP contribution in [0.25, 0.3) is 11.4 Å². The van der Waals surface area contributed by atoms with Crippen LogP contribution in [0.3, 0.4) is 0 Å². The van der Waals surface area contributed by atoms with Crippen LogP contribution in [-0.4, -0.2) is 21.4 Å². The Hall–Kier alpha value is -2.57. The summed E-state index contributed by atoms with van der Waals surface area (Å²) >= 11 is 0. The van der Waals surface area contributed by atoms with E-state index >= 15 is 0 Å². The maximum Gasteiger partial charge on any atom is 0.432 e. The van der Waals surface area contributed by atoms with Crippen molar-refractivity contribution in [2.24, 2.45) is 5.73 Å². The Kier molecular flexibility index (Phi) is 4.82. The molecule has 2 aromatic rings. The van der Waals surface area contributed by atoms with Crippen LogP contribution in [0.15, 0.2) is 30.5 Å². The van der Waals surface area contributed by atoms with Crippen molar-refractivity contribution in [2.75, 3.05) is 0 Å². The van der Waals surface area contributed by atoms with Gasteiger partial charge in [0.2, 0.25) is 0 Å². The van der Waals surface area contributed by atoms with Crippen LogP contribution in [0.4, 0.5) is 13.2 Å². The molecule has 2 aromatic heterocycles. The van der Waals surface area contributed by atoms with Crippen molar-refractivity contribution in [2.45, 2.75) is 33.4 Å². The van der Waals surface area contributed by atoms with E-state index < -0.39 is 11.9 Å². The summed E-state index contributed by atoms with van der Waals surface area (Å²) in [5, 5.41) is 7.02. The fourth-order valence-electron chi connectivity index (χ4n) is 2.61. The first-order valence-electron chi connectivity index (χ1n) is 7.42. The molecule has 128 valence electrons. The van der Waals surface area contributed by atoms with Gasteiger partial charge >= 0.3 is 6.18 Å². The van der Waals surface area contributed by atoms with E-state index in [1.54, 1.807) is 12.1 Å². The van der Waals surface area contributed by atoms with E-state index in [1.165, 1.54) is 11.8 Å². The summed E-state index contributed by atoms with van der Waals surface area (Å²) in [7, 11) is 0. The number of nitrogens with two attached hydrogens (primary N) is 1. The molecule has 0 aliphatic carbocycles. The lowest BCUT2D eigenvalue weighted by atomic mass is 10.2. The summed E-state index contributed by atoms with van der Waals surface area (Å²) < 4.78 is 39.4. The zero-order chi connectivity index (χ0) is 18.1. The van der Waals surface area contributed by atoms with E-state index in [9.17, 15) is 13.2 Å². The maximum atomic E-state index is 12.5. The fourth-order valence-corrected chi connectivity index (χ4v) is 2.61. The molecule has 24 heavy (non-hydrogen) atoms. The van der Waals surface area contributed by atoms with Crippen LogP contribution in [0, 0.1) is 19.3 Å². The average Bonchev–Trinajstić information content (AvgIpc) is 2.80. The Morgan fingerprint density at radius 2 is 2.00 bits per heavy atom. The molecule has 0 bridgehead atoms. The molecule has 0 aliphatic heterocycles. The number of allylic oxidation sites excluding steroid dienone is 1. The van der Waals surface area contributed by atoms with Crippen LogP contribution >= 0.6 is 0 Å². The molecule has 7 heteroatoms. The first-order chi connectivity index (χ1) is 11.1. The number of hydrogen-bond acceptors (Lipinski definition) is 3. The van der Waals surface area contributed by atoms with Gasteiger partial charge in [-0.05, 0) is 50.1 Å². The lowest BCUT2D eigenvalue weighted by Crippen LogP contribution is -2.20. The SMILES string of the molecule is CCc1cc(C)n(-c2ccnc(/C(N)=C/C(=N)C(F)(F)F)c2)c1C. The van der Waals surface area contributed by atoms with Gasteiger partial charge in [-0.2, -0.15) is 13.2 Å². The second-order valence-corrected chi connectivity index (χ2v) is 5.50. The summed E-state index contributed by atoms with van der Waals surface area (Å²) in [5.41, 5.74) is 8.25. The van der Waals surface area contributed by atoms with Gasteiger partial charge in [-0.15, -0.1) is 0 Å². The molecule has 0 fully saturated rings. The predicted molar refractivity (Wildman–Crippen MR) is 88.4 cm³/mol. The number of aryl methyl sites for hydroxylation is 2. The molecule has 0 amide bonds. The Balaban J connectivity index is 2.45. The number of rotatable bonds is 4. The van der Waals surface area contributed by atoms with Crippen molar-refractivity contribution in [1.29, 1.82) is 5.41 Å². The normalized spacial score (nSPS) is 12.5. The number of nitrogens with one attached hydrogen (secondary N) is 1. The van der Waals surface area contributed by atoms with Gasteiger partial charge in [0, 0.05) is 23.3 Å². The van der Waals surface area contributed by atoms with Crippen molar-refractivity contribution in [3.05, 3.63) is 53.1 Å². The molecule has 0 saturated carbocycles. The molecule has 0 radical (unpaired) electrons. The van der Waals surface area contributed by atoms with Gasteiger partial charge in [-0.3, -0.25) is 10.4 Å². The Morgan fingerprint density at radius 1 is 1.33 bits per heavy atom. The van der Waals surface area contributed by atoms with E-state index in [0.717, 1.165) is 23.5 Å². The molecule has 2 heterocycles. The zero-order valence-electron chi connectivity index (χ0n) is 13.7. The lowest BCUT2D eigenvalue weighted by molar-refractivity contribution is -0.0583. The van der Waals surface area contributed by atoms with Gasteiger partial charge in [0.15, 0.2) is 0 Å². The fraction of sp³-hybridized carbons (Fsp3) is 0.294. The highest BCUT2D eigenvalue weighted by Gasteiger charge is 2.32. The first-order valence-corrected chi connectivity index (χ1v) is 7.42. The van der Waals surface area contributed by atoms with E-state index in [1.807, 2.05) is 18.4 Å². The second kappa shape index (κ2) is 6.51. The summed E-state index contributed by atoms with van der Waals surface area (Å²) in [6.45, 7) is 6.02. The summed E-state index contributed by atoms with van der Waals surface area (Å²) in [6, 6.07) is 5.47. The Morgan fingerprint density at radius 3 is 2.54 bits per heavy atom. The summed E-state index contributed by atoms with van der Waals surface area (Å²) in [5.74, 6) is 0. The molecule has 4 nitrogen and oxygen atoms in total. The van der Waals surface area contributed by atoms with Crippen LogP contribution in [0.2, 0.25) is 0 Å². The number of hydrogen-bond donors (Lipinski definition) is 2. The van der Waals surface area contributed by atoms with Crippen LogP contribution < -0.4 is 5.73 Å². The van der Waals surface area contributed by atoms with E-state index in [2.05, 4.69) is 18.0 Å². The minimum absolute atomic E-state index is 0.197. The average molecular weight is 336 g/mol. The van der Waals surface area contributed by atoms with Crippen molar-refractivity contribution in [3.8, 4) is 5.69 Å². The Bertz CT molecular complexity index is 801. The number of aromatic nitrogens is 2. The van der Waals surface area contributed by atoms with Gasteiger partial charge in [0.1, 0.15) is 5.71 Å². The largest absolute Gasteiger partial charge is 0.432 e. The van der Waals surface area contributed by atoms with Crippen LogP contribution in [0.5, 0.6) is 0 Å². The van der Waals surface area contributed by atoms with Gasteiger partial charge in [0.25, 0.3) is 0 Å². The minimum atomic E-state index is -4.73. The van der Waals surface area contributed by atoms with Crippen molar-refractivity contribution in [3.63, 3.8) is 0 Å². The highest BCUT2D eigenvalue weighted by atomic mass is 19.4. The molecule has 3 N–H and O–H groups in total. The standard InChI is InChI=1S/C17H19F3N4/c1-4-12-7-10(2)24(11(12)3)13-5-6-23-15(8-13)14(21)9-16(22)17(18,19)20/h5-9,22H,4,21H2,1-3H3/b14-9-,22-16?. The maximum absolute atomic E-state index is 12.5. The first kappa shape index (κ1) is 17.8. The molecular weight excluding hydrogens is 317 g/mol. The molecule has 0 aromatic carbocycles. The third-order valence-corrected chi connectivity index (χ3v) is 3.82. The van der Waals surface area contributed by atoms with Gasteiger partial charge in [0.05, 0.1) is 11.4 Å². The molecular formula is C17H19F3N4. The minimum Gasteiger partial charge on any atom is -0.397 e. The van der Waals surface area contributed by atoms with Crippen molar-refractivity contribution in [1.82, 2.24) is 9.55 Å². The molecule has 0 unspecified atom stereocenters. The number of halogens is 3. The van der Waals surface area contributed by atoms with Gasteiger partial charge < -0.3 is 10.3 Å². The van der Waals surface area contributed by atoms with E-state index in [-0.39, 0.29) is 11.4 Å². The van der Waals surface area contributed by atoms with Gasteiger partial charge in [-0.25, -0.2) is 0 Å². The molecule has 0 atom stereocenters. The number of nitrogens with zero attached hydrogens (tertiary/aromatic N) is 2. The molecule has 0 aliphatic rings. The van der Waals surface area contributed by atoms with Crippen molar-refractivity contribution < 1.29 is 13.2 Å². The summed E-state index contributed by atoms with van der Waals surface area (Å²) in [6.07, 6.45) is -1.76. The smallest absolute Gasteiger partial charge is 0.397 e. The topological polar surface area (TPSA) is 67.7 Å².